The number of hydrogen-bond donors (Lipinski definition) is 0. The number of hydrogen-bond acceptors (Lipinski definition) is 3. The molecule has 4 aliphatic heterocycles. The molecule has 1 fully saturated rings. The highest BCUT2D eigenvalue weighted by Crippen LogP contribution is 2.67. The Balaban J connectivity index is 1.05. The zero-order valence-electron chi connectivity index (χ0n) is 51.3. The molecule has 4 heterocycles. The second-order valence-corrected chi connectivity index (χ2v) is 31.2. The zero-order chi connectivity index (χ0) is 56.0. The predicted octanol–water partition coefficient (Wildman–Crippen LogP) is 18.4. The molecule has 4 aliphatic carbocycles. The Morgan fingerprint density at radius 1 is 0.400 bits per heavy atom. The van der Waals surface area contributed by atoms with Crippen molar-refractivity contribution >= 4 is 68.6 Å². The largest absolute Gasteiger partial charge is 0.334 e. The monoisotopic (exact) mass is 1050 g/mol. The Bertz CT molecular complexity index is 3870. The number of aryl methyl sites for hydroxylation is 3. The van der Waals surface area contributed by atoms with E-state index in [-0.39, 0.29) is 50.2 Å². The van der Waals surface area contributed by atoms with Crippen molar-refractivity contribution in [2.24, 2.45) is 5.92 Å². The fraction of sp³-hybridized carbons (Fsp3) is 0.447. The van der Waals surface area contributed by atoms with Gasteiger partial charge >= 0.3 is 0 Å². The van der Waals surface area contributed by atoms with Crippen molar-refractivity contribution in [2.75, 3.05) is 14.7 Å². The summed E-state index contributed by atoms with van der Waals surface area (Å²) in [6, 6.07) is 47.8. The van der Waals surface area contributed by atoms with E-state index in [1.165, 1.54) is 169 Å². The lowest BCUT2D eigenvalue weighted by molar-refractivity contribution is 0.0840. The highest BCUT2D eigenvalue weighted by Gasteiger charge is 2.62. The summed E-state index contributed by atoms with van der Waals surface area (Å²) in [6.07, 6.45) is 10.7. The number of benzene rings is 7. The summed E-state index contributed by atoms with van der Waals surface area (Å²) < 4.78 is 0. The van der Waals surface area contributed by atoms with Gasteiger partial charge in [0.15, 0.2) is 0 Å². The molecule has 4 unspecified atom stereocenters. The van der Waals surface area contributed by atoms with Crippen LogP contribution < -0.4 is 31.1 Å². The molecule has 0 radical (unpaired) electrons. The number of rotatable bonds is 2. The van der Waals surface area contributed by atoms with Gasteiger partial charge in [0.2, 0.25) is 0 Å². The Morgan fingerprint density at radius 2 is 0.912 bits per heavy atom. The van der Waals surface area contributed by atoms with Gasteiger partial charge in [-0.2, -0.15) is 0 Å². The highest BCUT2D eigenvalue weighted by molar-refractivity contribution is 7.00. The van der Waals surface area contributed by atoms with Crippen molar-refractivity contribution in [1.82, 2.24) is 0 Å². The van der Waals surface area contributed by atoms with E-state index in [2.05, 4.69) is 241 Å². The molecular formula is C76H86BN3. The van der Waals surface area contributed by atoms with E-state index in [9.17, 15) is 0 Å². The quantitative estimate of drug-likeness (QED) is 0.160. The maximum atomic E-state index is 2.89. The molecule has 4 atom stereocenters. The van der Waals surface area contributed by atoms with Crippen LogP contribution in [0, 0.1) is 26.7 Å². The molecule has 3 nitrogen and oxygen atoms in total. The second-order valence-electron chi connectivity index (χ2n) is 31.2. The van der Waals surface area contributed by atoms with Gasteiger partial charge in [0, 0.05) is 50.9 Å². The Labute approximate surface area is 480 Å². The van der Waals surface area contributed by atoms with E-state index >= 15 is 0 Å². The van der Waals surface area contributed by atoms with Crippen molar-refractivity contribution in [2.45, 2.75) is 212 Å². The minimum absolute atomic E-state index is 0.00904. The van der Waals surface area contributed by atoms with E-state index in [1.54, 1.807) is 11.1 Å². The fourth-order valence-corrected chi connectivity index (χ4v) is 18.5. The lowest BCUT2D eigenvalue weighted by Gasteiger charge is -2.58. The summed E-state index contributed by atoms with van der Waals surface area (Å²) in [6.45, 7) is 40.4. The van der Waals surface area contributed by atoms with Crippen molar-refractivity contribution in [3.05, 3.63) is 171 Å². The van der Waals surface area contributed by atoms with Crippen LogP contribution in [0.4, 0.5) is 45.5 Å². The first kappa shape index (κ1) is 50.9. The molecule has 0 spiro atoms. The van der Waals surface area contributed by atoms with Crippen molar-refractivity contribution < 1.29 is 0 Å². The van der Waals surface area contributed by atoms with E-state index in [0.717, 1.165) is 6.42 Å². The van der Waals surface area contributed by atoms with Gasteiger partial charge in [-0.15, -0.1) is 0 Å². The summed E-state index contributed by atoms with van der Waals surface area (Å²) in [7, 11) is 0. The molecule has 7 aromatic carbocycles. The summed E-state index contributed by atoms with van der Waals surface area (Å²) in [5.41, 5.74) is 32.6. The standard InChI is InChI=1S/C76H86BN3/c1-45-34-66-68-67(35-45)79(62-41-55-52(36-46(62)2)69(4,5)28-30-71(55,8)9)65-42-56-54(70(6,7)29-31-72(56,10)11)40-60(65)77(68)59-24-23-51-39-64(59)78(66)63-43-57-53(37-47(63)3)73(12,13)32-33-74(57,14)50-26-27-75(15)58-38-49(48-20-18-17-19-21-48)22-25-61(58)80(51)76(75,16)44-50/h17-25,34-43,50H,26-33,44H2,1-16H3. The molecule has 1 saturated carbocycles. The smallest absolute Gasteiger partial charge is 0.252 e. The van der Waals surface area contributed by atoms with E-state index < -0.39 is 0 Å². The third-order valence-electron chi connectivity index (χ3n) is 24.2. The van der Waals surface area contributed by atoms with Crippen molar-refractivity contribution in [3.63, 3.8) is 0 Å². The molecule has 0 saturated heterocycles. The highest BCUT2D eigenvalue weighted by atomic mass is 15.3. The van der Waals surface area contributed by atoms with Crippen LogP contribution in [-0.2, 0) is 37.9 Å². The van der Waals surface area contributed by atoms with Crippen molar-refractivity contribution in [3.8, 4) is 11.1 Å². The topological polar surface area (TPSA) is 9.72 Å². The molecule has 4 heteroatoms. The van der Waals surface area contributed by atoms with E-state index in [1.807, 2.05) is 0 Å². The van der Waals surface area contributed by atoms with Gasteiger partial charge in [0.25, 0.3) is 6.71 Å². The first-order valence-corrected chi connectivity index (χ1v) is 31.1. The molecule has 408 valence electrons. The first-order valence-electron chi connectivity index (χ1n) is 31.1. The Morgan fingerprint density at radius 3 is 1.51 bits per heavy atom. The van der Waals surface area contributed by atoms with Crippen molar-refractivity contribution in [1.29, 1.82) is 0 Å². The van der Waals surface area contributed by atoms with Crippen LogP contribution in [0.2, 0.25) is 0 Å². The molecule has 0 N–H and O–H groups in total. The Kier molecular flexibility index (Phi) is 10.2. The summed E-state index contributed by atoms with van der Waals surface area (Å²) in [4.78, 5) is 8.47. The van der Waals surface area contributed by atoms with Crippen LogP contribution in [-0.4, -0.2) is 12.3 Å². The number of anilines is 8. The van der Waals surface area contributed by atoms with Gasteiger partial charge in [0.1, 0.15) is 0 Å². The zero-order valence-corrected chi connectivity index (χ0v) is 51.3. The molecule has 6 bridgehead atoms. The third-order valence-corrected chi connectivity index (χ3v) is 24.2. The molecule has 15 rings (SSSR count). The van der Waals surface area contributed by atoms with Crippen LogP contribution in [0.1, 0.15) is 203 Å². The Hall–Kier alpha value is -6.00. The number of nitrogens with zero attached hydrogens (tertiary/aromatic N) is 3. The average Bonchev–Trinajstić information content (AvgIpc) is 2.95. The molecule has 0 aromatic heterocycles. The maximum absolute atomic E-state index is 2.89. The van der Waals surface area contributed by atoms with Gasteiger partial charge in [-0.1, -0.05) is 144 Å². The lowest BCUT2D eigenvalue weighted by Crippen LogP contribution is -2.62. The van der Waals surface area contributed by atoms with Crippen LogP contribution >= 0.6 is 0 Å². The van der Waals surface area contributed by atoms with E-state index in [4.69, 9.17) is 0 Å². The first-order chi connectivity index (χ1) is 37.7. The number of fused-ring (bicyclic) bond motifs is 15. The summed E-state index contributed by atoms with van der Waals surface area (Å²) in [5.74, 6) is 0.521. The minimum atomic E-state index is -0.169. The molecular weight excluding hydrogens is 966 g/mol. The molecule has 0 amide bonds. The summed E-state index contributed by atoms with van der Waals surface area (Å²) in [5, 5.41) is 0. The normalized spacial score (nSPS) is 26.7. The van der Waals surface area contributed by atoms with Gasteiger partial charge in [0.05, 0.1) is 5.54 Å². The molecule has 8 aliphatic rings. The van der Waals surface area contributed by atoms with Crippen LogP contribution in [0.15, 0.2) is 115 Å². The van der Waals surface area contributed by atoms with Gasteiger partial charge < -0.3 is 14.7 Å². The SMILES string of the molecule is Cc1cc2c3c(c1)N(c1cc4c(cc1C)C(C)(C)CCC4(C)C)c1cc4c(cc1B3c1ccc3cc1N2c1cc2c(cc1C)C(C)(C)CCC2(C)C1CCC2(C)c5cc(-c6ccccc6)ccc5N3C2(C)C1)C(C)(C)CCC4(C)C. The van der Waals surface area contributed by atoms with Gasteiger partial charge in [-0.3, -0.25) is 0 Å². The average molecular weight is 1050 g/mol. The van der Waals surface area contributed by atoms with Crippen LogP contribution in [0.5, 0.6) is 0 Å². The van der Waals surface area contributed by atoms with E-state index in [0.29, 0.717) is 5.92 Å². The third kappa shape index (κ3) is 6.57. The molecule has 80 heavy (non-hydrogen) atoms. The van der Waals surface area contributed by atoms with Crippen LogP contribution in [0.25, 0.3) is 11.1 Å². The maximum Gasteiger partial charge on any atom is 0.252 e. The molecule has 7 aromatic rings. The fourth-order valence-electron chi connectivity index (χ4n) is 18.5. The summed E-state index contributed by atoms with van der Waals surface area (Å²) >= 11 is 0. The van der Waals surface area contributed by atoms with Gasteiger partial charge in [-0.25, -0.2) is 0 Å². The minimum Gasteiger partial charge on any atom is -0.334 e. The second kappa shape index (κ2) is 16.0. The predicted molar refractivity (Wildman–Crippen MR) is 342 cm³/mol. The van der Waals surface area contributed by atoms with Crippen LogP contribution in [0.3, 0.4) is 0 Å². The lowest BCUT2D eigenvalue weighted by atomic mass is 9.33. The van der Waals surface area contributed by atoms with Gasteiger partial charge in [-0.05, 0) is 262 Å².